The molecule has 0 bridgehead atoms. The quantitative estimate of drug-likeness (QED) is 0.725. The number of halogens is 1. The minimum atomic E-state index is -3.28. The van der Waals surface area contributed by atoms with Crippen LogP contribution in [-0.2, 0) is 14.8 Å². The zero-order valence-corrected chi connectivity index (χ0v) is 15.0. The van der Waals surface area contributed by atoms with Crippen LogP contribution < -0.4 is 15.4 Å². The molecule has 130 valence electrons. The van der Waals surface area contributed by atoms with Crippen LogP contribution in [0.4, 0.5) is 11.4 Å². The molecule has 0 aliphatic carbocycles. The third kappa shape index (κ3) is 4.83. The summed E-state index contributed by atoms with van der Waals surface area (Å²) in [5, 5.41) is 6.19. The maximum atomic E-state index is 12.4. The van der Waals surface area contributed by atoms with Gasteiger partial charge in [-0.1, -0.05) is 6.92 Å². The maximum absolute atomic E-state index is 12.4. The second-order valence-electron chi connectivity index (χ2n) is 5.50. The fourth-order valence-electron chi connectivity index (χ4n) is 2.59. The standard InChI is InChI=1S/C15H23N3O3S.ClH/c1-3-15(10-5-11-16-15)14(19)17-12-6-8-13(9-7-12)18-22(20,21)4-2;/h6-9,16,18H,3-5,10-11H2,1-2H3,(H,17,19);1H. The van der Waals surface area contributed by atoms with Crippen molar-refractivity contribution in [3.63, 3.8) is 0 Å². The maximum Gasteiger partial charge on any atom is 0.244 e. The van der Waals surface area contributed by atoms with Crippen LogP contribution in [0.2, 0.25) is 0 Å². The van der Waals surface area contributed by atoms with E-state index in [-0.39, 0.29) is 24.1 Å². The summed E-state index contributed by atoms with van der Waals surface area (Å²) in [5.74, 6) is -0.00899. The molecular weight excluding hydrogens is 338 g/mol. The number of carbonyl (C=O) groups excluding carboxylic acids is 1. The van der Waals surface area contributed by atoms with E-state index in [2.05, 4.69) is 15.4 Å². The molecule has 0 radical (unpaired) electrons. The van der Waals surface area contributed by atoms with Crippen LogP contribution in [0.1, 0.15) is 33.1 Å². The van der Waals surface area contributed by atoms with Crippen molar-refractivity contribution in [3.8, 4) is 0 Å². The lowest BCUT2D eigenvalue weighted by atomic mass is 9.93. The highest BCUT2D eigenvalue weighted by molar-refractivity contribution is 7.92. The first-order chi connectivity index (χ1) is 10.4. The first-order valence-corrected chi connectivity index (χ1v) is 9.23. The van der Waals surface area contributed by atoms with Gasteiger partial charge in [-0.3, -0.25) is 9.52 Å². The van der Waals surface area contributed by atoms with Crippen molar-refractivity contribution in [1.82, 2.24) is 5.32 Å². The normalized spacial score (nSPS) is 20.6. The van der Waals surface area contributed by atoms with Gasteiger partial charge in [0, 0.05) is 11.4 Å². The Kier molecular flexibility index (Phi) is 6.85. The van der Waals surface area contributed by atoms with E-state index in [1.807, 2.05) is 6.92 Å². The summed E-state index contributed by atoms with van der Waals surface area (Å²) in [4.78, 5) is 12.4. The largest absolute Gasteiger partial charge is 0.324 e. The fourth-order valence-corrected chi connectivity index (χ4v) is 3.23. The molecule has 1 heterocycles. The minimum absolute atomic E-state index is 0. The number of nitrogens with one attached hydrogen (secondary N) is 3. The number of anilines is 2. The molecule has 0 spiro atoms. The minimum Gasteiger partial charge on any atom is -0.324 e. The number of benzene rings is 1. The molecule has 1 unspecified atom stereocenters. The summed E-state index contributed by atoms with van der Waals surface area (Å²) < 4.78 is 25.5. The van der Waals surface area contributed by atoms with Crippen molar-refractivity contribution in [2.24, 2.45) is 0 Å². The predicted octanol–water partition coefficient (Wildman–Crippen LogP) is 2.34. The van der Waals surface area contributed by atoms with E-state index >= 15 is 0 Å². The number of amides is 1. The molecule has 1 aliphatic heterocycles. The van der Waals surface area contributed by atoms with Gasteiger partial charge in [0.05, 0.1) is 11.3 Å². The first kappa shape index (κ1) is 19.7. The Bertz CT molecular complexity index is 626. The average molecular weight is 362 g/mol. The molecule has 1 saturated heterocycles. The first-order valence-electron chi connectivity index (χ1n) is 7.58. The summed E-state index contributed by atoms with van der Waals surface area (Å²) in [6.07, 6.45) is 2.58. The van der Waals surface area contributed by atoms with Crippen molar-refractivity contribution in [1.29, 1.82) is 0 Å². The second-order valence-corrected chi connectivity index (χ2v) is 7.51. The Labute approximate surface area is 143 Å². The SMILES string of the molecule is CCC1(C(=O)Nc2ccc(NS(=O)(=O)CC)cc2)CCCN1.Cl. The Morgan fingerprint density at radius 3 is 2.30 bits per heavy atom. The lowest BCUT2D eigenvalue weighted by molar-refractivity contribution is -0.122. The lowest BCUT2D eigenvalue weighted by Crippen LogP contribution is -2.50. The third-order valence-electron chi connectivity index (χ3n) is 4.08. The van der Waals surface area contributed by atoms with Gasteiger partial charge in [-0.05, 0) is 57.0 Å². The number of hydrogen-bond acceptors (Lipinski definition) is 4. The monoisotopic (exact) mass is 361 g/mol. The number of rotatable bonds is 6. The average Bonchev–Trinajstić information content (AvgIpc) is 2.99. The van der Waals surface area contributed by atoms with Gasteiger partial charge >= 0.3 is 0 Å². The number of carbonyl (C=O) groups is 1. The summed E-state index contributed by atoms with van der Waals surface area (Å²) >= 11 is 0. The number of hydrogen-bond donors (Lipinski definition) is 3. The molecular formula is C15H24ClN3O3S. The molecule has 6 nitrogen and oxygen atoms in total. The van der Waals surface area contributed by atoms with Crippen LogP contribution in [-0.4, -0.2) is 32.2 Å². The van der Waals surface area contributed by atoms with Crippen molar-refractivity contribution in [2.75, 3.05) is 22.3 Å². The van der Waals surface area contributed by atoms with E-state index < -0.39 is 15.6 Å². The second kappa shape index (κ2) is 7.99. The molecule has 1 atom stereocenters. The summed E-state index contributed by atoms with van der Waals surface area (Å²) in [6.45, 7) is 4.44. The van der Waals surface area contributed by atoms with E-state index in [1.54, 1.807) is 31.2 Å². The van der Waals surface area contributed by atoms with E-state index in [4.69, 9.17) is 0 Å². The highest BCUT2D eigenvalue weighted by Gasteiger charge is 2.38. The van der Waals surface area contributed by atoms with E-state index in [0.717, 1.165) is 25.8 Å². The van der Waals surface area contributed by atoms with Gasteiger partial charge in [0.1, 0.15) is 0 Å². The number of sulfonamides is 1. The van der Waals surface area contributed by atoms with Crippen LogP contribution in [0.5, 0.6) is 0 Å². The van der Waals surface area contributed by atoms with Crippen molar-refractivity contribution in [3.05, 3.63) is 24.3 Å². The molecule has 1 aromatic rings. The Morgan fingerprint density at radius 1 is 1.22 bits per heavy atom. The van der Waals surface area contributed by atoms with E-state index in [9.17, 15) is 13.2 Å². The fraction of sp³-hybridized carbons (Fsp3) is 0.533. The molecule has 1 fully saturated rings. The molecule has 1 amide bonds. The van der Waals surface area contributed by atoms with Gasteiger partial charge in [0.2, 0.25) is 15.9 Å². The highest BCUT2D eigenvalue weighted by Crippen LogP contribution is 2.25. The van der Waals surface area contributed by atoms with Crippen molar-refractivity contribution >= 4 is 39.7 Å². The van der Waals surface area contributed by atoms with Crippen LogP contribution in [0.25, 0.3) is 0 Å². The highest BCUT2D eigenvalue weighted by atomic mass is 35.5. The summed E-state index contributed by atoms with van der Waals surface area (Å²) in [7, 11) is -3.28. The topological polar surface area (TPSA) is 87.3 Å². The third-order valence-corrected chi connectivity index (χ3v) is 5.38. The molecule has 0 aromatic heterocycles. The van der Waals surface area contributed by atoms with E-state index in [1.165, 1.54) is 0 Å². The Morgan fingerprint density at radius 2 is 1.83 bits per heavy atom. The van der Waals surface area contributed by atoms with Crippen LogP contribution in [0.3, 0.4) is 0 Å². The van der Waals surface area contributed by atoms with Gasteiger partial charge in [0.25, 0.3) is 0 Å². The zero-order valence-electron chi connectivity index (χ0n) is 13.4. The van der Waals surface area contributed by atoms with Gasteiger partial charge in [-0.15, -0.1) is 12.4 Å². The Balaban J connectivity index is 0.00000264. The van der Waals surface area contributed by atoms with Crippen LogP contribution in [0.15, 0.2) is 24.3 Å². The summed E-state index contributed by atoms with van der Waals surface area (Å²) in [6, 6.07) is 6.68. The zero-order chi connectivity index (χ0) is 16.2. The Hall–Kier alpha value is -1.31. The molecule has 8 heteroatoms. The molecule has 3 N–H and O–H groups in total. The van der Waals surface area contributed by atoms with Crippen molar-refractivity contribution in [2.45, 2.75) is 38.6 Å². The van der Waals surface area contributed by atoms with Gasteiger partial charge < -0.3 is 10.6 Å². The molecule has 1 aromatic carbocycles. The van der Waals surface area contributed by atoms with Crippen LogP contribution in [0, 0.1) is 0 Å². The van der Waals surface area contributed by atoms with Gasteiger partial charge in [-0.2, -0.15) is 0 Å². The van der Waals surface area contributed by atoms with E-state index in [0.29, 0.717) is 11.4 Å². The smallest absolute Gasteiger partial charge is 0.244 e. The predicted molar refractivity (Wildman–Crippen MR) is 95.7 cm³/mol. The molecule has 1 aliphatic rings. The van der Waals surface area contributed by atoms with Gasteiger partial charge in [0.15, 0.2) is 0 Å². The molecule has 0 saturated carbocycles. The lowest BCUT2D eigenvalue weighted by Gasteiger charge is -2.26. The van der Waals surface area contributed by atoms with Crippen LogP contribution >= 0.6 is 12.4 Å². The van der Waals surface area contributed by atoms with Crippen molar-refractivity contribution < 1.29 is 13.2 Å². The molecule has 23 heavy (non-hydrogen) atoms. The van der Waals surface area contributed by atoms with Gasteiger partial charge in [-0.25, -0.2) is 8.42 Å². The molecule has 2 rings (SSSR count). The summed E-state index contributed by atoms with van der Waals surface area (Å²) in [5.41, 5.74) is 0.665.